The molecule has 0 bridgehead atoms. The number of ether oxygens (including phenoxy) is 1. The number of methoxy groups -OCH3 is 1. The number of aromatic hydroxyl groups is 1. The summed E-state index contributed by atoms with van der Waals surface area (Å²) < 4.78 is 4.40. The third-order valence-corrected chi connectivity index (χ3v) is 1.83. The minimum Gasteiger partial charge on any atom is -0.507 e. The minimum absolute atomic E-state index is 0.0256. The van der Waals surface area contributed by atoms with Gasteiger partial charge in [-0.2, -0.15) is 0 Å². The summed E-state index contributed by atoms with van der Waals surface area (Å²) in [7, 11) is 1.29. The van der Waals surface area contributed by atoms with Crippen molar-refractivity contribution in [1.82, 2.24) is 0 Å². The number of hydrogen-bond donors (Lipinski definition) is 1. The molecule has 3 nitrogen and oxygen atoms in total. The predicted molar refractivity (Wildman–Crippen MR) is 54.2 cm³/mol. The Hall–Kier alpha value is -1.48. The SMILES string of the molecule is COC(=O)/C=C/c1ccc(Cl)cc1O. The van der Waals surface area contributed by atoms with Gasteiger partial charge in [0.05, 0.1) is 7.11 Å². The van der Waals surface area contributed by atoms with Crippen LogP contribution in [0.1, 0.15) is 5.56 Å². The second kappa shape index (κ2) is 4.67. The lowest BCUT2D eigenvalue weighted by Gasteiger charge is -1.98. The fourth-order valence-corrected chi connectivity index (χ4v) is 1.05. The lowest BCUT2D eigenvalue weighted by atomic mass is 10.2. The molecule has 1 aromatic rings. The fourth-order valence-electron chi connectivity index (χ4n) is 0.884. The zero-order valence-corrected chi connectivity index (χ0v) is 8.28. The Balaban J connectivity index is 2.87. The lowest BCUT2D eigenvalue weighted by molar-refractivity contribution is -0.134. The molecule has 0 saturated carbocycles. The molecule has 0 spiro atoms. The summed E-state index contributed by atoms with van der Waals surface area (Å²) in [5.74, 6) is -0.447. The van der Waals surface area contributed by atoms with E-state index in [1.807, 2.05) is 0 Å². The Kier molecular flexibility index (Phi) is 3.54. The molecule has 74 valence electrons. The van der Waals surface area contributed by atoms with Crippen molar-refractivity contribution in [3.05, 3.63) is 34.9 Å². The van der Waals surface area contributed by atoms with E-state index in [0.29, 0.717) is 10.6 Å². The van der Waals surface area contributed by atoms with Crippen LogP contribution in [-0.4, -0.2) is 18.2 Å². The summed E-state index contributed by atoms with van der Waals surface area (Å²) in [4.78, 5) is 10.7. The number of carbonyl (C=O) groups is 1. The van der Waals surface area contributed by atoms with E-state index in [4.69, 9.17) is 11.6 Å². The molecular weight excluding hydrogens is 204 g/mol. The Morgan fingerprint density at radius 2 is 2.29 bits per heavy atom. The first-order valence-corrected chi connectivity index (χ1v) is 4.26. The van der Waals surface area contributed by atoms with Crippen LogP contribution in [0.5, 0.6) is 5.75 Å². The van der Waals surface area contributed by atoms with Crippen molar-refractivity contribution in [2.75, 3.05) is 7.11 Å². The molecule has 14 heavy (non-hydrogen) atoms. The monoisotopic (exact) mass is 212 g/mol. The summed E-state index contributed by atoms with van der Waals surface area (Å²) in [6, 6.07) is 4.63. The van der Waals surface area contributed by atoms with Crippen LogP contribution in [0, 0.1) is 0 Å². The van der Waals surface area contributed by atoms with Gasteiger partial charge in [-0.3, -0.25) is 0 Å². The lowest BCUT2D eigenvalue weighted by Crippen LogP contribution is -1.93. The molecule has 0 aliphatic carbocycles. The Morgan fingerprint density at radius 1 is 1.57 bits per heavy atom. The summed E-state index contributed by atoms with van der Waals surface area (Å²) >= 11 is 5.63. The molecule has 0 saturated heterocycles. The van der Waals surface area contributed by atoms with Crippen molar-refractivity contribution >= 4 is 23.6 Å². The van der Waals surface area contributed by atoms with E-state index in [-0.39, 0.29) is 5.75 Å². The van der Waals surface area contributed by atoms with Gasteiger partial charge in [-0.1, -0.05) is 11.6 Å². The first-order chi connectivity index (χ1) is 6.63. The normalized spacial score (nSPS) is 10.4. The van der Waals surface area contributed by atoms with Crippen molar-refractivity contribution in [3.63, 3.8) is 0 Å². The van der Waals surface area contributed by atoms with Gasteiger partial charge in [0.2, 0.25) is 0 Å². The molecule has 1 rings (SSSR count). The van der Waals surface area contributed by atoms with Crippen LogP contribution in [0.3, 0.4) is 0 Å². The Morgan fingerprint density at radius 3 is 2.86 bits per heavy atom. The topological polar surface area (TPSA) is 46.5 Å². The van der Waals surface area contributed by atoms with Crippen LogP contribution in [0.4, 0.5) is 0 Å². The van der Waals surface area contributed by atoms with Crippen LogP contribution in [0.15, 0.2) is 24.3 Å². The molecule has 0 fully saturated rings. The van der Waals surface area contributed by atoms with E-state index >= 15 is 0 Å². The maximum Gasteiger partial charge on any atom is 0.330 e. The van der Waals surface area contributed by atoms with Crippen LogP contribution in [0.2, 0.25) is 5.02 Å². The molecule has 0 aliphatic heterocycles. The van der Waals surface area contributed by atoms with Gasteiger partial charge >= 0.3 is 5.97 Å². The predicted octanol–water partition coefficient (Wildman–Crippen LogP) is 2.23. The van der Waals surface area contributed by atoms with Crippen LogP contribution >= 0.6 is 11.6 Å². The first kappa shape index (κ1) is 10.6. The van der Waals surface area contributed by atoms with Gasteiger partial charge in [0.15, 0.2) is 0 Å². The van der Waals surface area contributed by atoms with E-state index < -0.39 is 5.97 Å². The average Bonchev–Trinajstić information content (AvgIpc) is 2.16. The number of hydrogen-bond acceptors (Lipinski definition) is 3. The van der Waals surface area contributed by atoms with Crippen LogP contribution in [-0.2, 0) is 9.53 Å². The highest BCUT2D eigenvalue weighted by atomic mass is 35.5. The van der Waals surface area contributed by atoms with Gasteiger partial charge < -0.3 is 9.84 Å². The van der Waals surface area contributed by atoms with Crippen molar-refractivity contribution in [3.8, 4) is 5.75 Å². The van der Waals surface area contributed by atoms with E-state index in [2.05, 4.69) is 4.74 Å². The summed E-state index contributed by atoms with van der Waals surface area (Å²) in [5, 5.41) is 9.83. The highest BCUT2D eigenvalue weighted by Crippen LogP contribution is 2.22. The number of phenols is 1. The van der Waals surface area contributed by atoms with Crippen LogP contribution in [0.25, 0.3) is 6.08 Å². The van der Waals surface area contributed by atoms with Gasteiger partial charge in [-0.25, -0.2) is 4.79 Å². The highest BCUT2D eigenvalue weighted by Gasteiger charge is 1.99. The Bertz CT molecular complexity index is 372. The molecule has 4 heteroatoms. The maximum absolute atomic E-state index is 10.7. The number of esters is 1. The summed E-state index contributed by atoms with van der Waals surface area (Å²) in [5.41, 5.74) is 0.514. The fraction of sp³-hybridized carbons (Fsp3) is 0.100. The standard InChI is InChI=1S/C10H9ClO3/c1-14-10(13)5-3-7-2-4-8(11)6-9(7)12/h2-6,12H,1H3/b5-3+. The smallest absolute Gasteiger partial charge is 0.330 e. The molecule has 0 aromatic heterocycles. The largest absolute Gasteiger partial charge is 0.507 e. The van der Waals surface area contributed by atoms with Gasteiger partial charge in [0, 0.05) is 16.7 Å². The first-order valence-electron chi connectivity index (χ1n) is 3.88. The zero-order valence-electron chi connectivity index (χ0n) is 7.53. The molecule has 0 heterocycles. The van der Waals surface area contributed by atoms with E-state index in [1.54, 1.807) is 12.1 Å². The van der Waals surface area contributed by atoms with Crippen molar-refractivity contribution in [2.45, 2.75) is 0 Å². The summed E-state index contributed by atoms with van der Waals surface area (Å²) in [6.45, 7) is 0. The molecular formula is C10H9ClO3. The van der Waals surface area contributed by atoms with E-state index in [0.717, 1.165) is 0 Å². The molecule has 0 radical (unpaired) electrons. The third kappa shape index (κ3) is 2.78. The third-order valence-electron chi connectivity index (χ3n) is 1.59. The van der Waals surface area contributed by atoms with Crippen LogP contribution < -0.4 is 0 Å². The van der Waals surface area contributed by atoms with Gasteiger partial charge in [0.25, 0.3) is 0 Å². The number of halogens is 1. The van der Waals surface area contributed by atoms with Crippen molar-refractivity contribution < 1.29 is 14.6 Å². The zero-order chi connectivity index (χ0) is 10.6. The van der Waals surface area contributed by atoms with E-state index in [1.165, 1.54) is 25.3 Å². The van der Waals surface area contributed by atoms with Gasteiger partial charge in [0.1, 0.15) is 5.75 Å². The Labute approximate surface area is 86.6 Å². The molecule has 0 unspecified atom stereocenters. The molecule has 0 aliphatic rings. The molecule has 1 aromatic carbocycles. The number of carbonyl (C=O) groups excluding carboxylic acids is 1. The molecule has 0 amide bonds. The second-order valence-corrected chi connectivity index (χ2v) is 3.00. The van der Waals surface area contributed by atoms with Gasteiger partial charge in [-0.05, 0) is 24.3 Å². The summed E-state index contributed by atoms with van der Waals surface area (Å²) in [6.07, 6.45) is 2.68. The maximum atomic E-state index is 10.7. The minimum atomic E-state index is -0.473. The van der Waals surface area contributed by atoms with Crippen molar-refractivity contribution in [2.24, 2.45) is 0 Å². The quantitative estimate of drug-likeness (QED) is 0.604. The highest BCUT2D eigenvalue weighted by molar-refractivity contribution is 6.30. The number of benzene rings is 1. The van der Waals surface area contributed by atoms with Gasteiger partial charge in [-0.15, -0.1) is 0 Å². The number of rotatable bonds is 2. The second-order valence-electron chi connectivity index (χ2n) is 2.56. The molecule has 1 N–H and O–H groups in total. The molecule has 0 atom stereocenters. The number of phenolic OH excluding ortho intramolecular Hbond substituents is 1. The van der Waals surface area contributed by atoms with E-state index in [9.17, 15) is 9.90 Å². The average molecular weight is 213 g/mol. The van der Waals surface area contributed by atoms with Crippen molar-refractivity contribution in [1.29, 1.82) is 0 Å².